The van der Waals surface area contributed by atoms with Gasteiger partial charge in [-0.1, -0.05) is 0 Å². The Balaban J connectivity index is 2.88. The first-order valence-corrected chi connectivity index (χ1v) is 4.59. The molecule has 1 aromatic rings. The van der Waals surface area contributed by atoms with E-state index in [0.717, 1.165) is 0 Å². The monoisotopic (exact) mass is 225 g/mol. The van der Waals surface area contributed by atoms with E-state index in [1.165, 1.54) is 12.1 Å². The maximum absolute atomic E-state index is 11.2. The summed E-state index contributed by atoms with van der Waals surface area (Å²) in [4.78, 5) is 11.2. The standard InChI is InChI=1S/C10H8ClNO3/c1-2-14-10(13)7(6-12)5-8-3-4-9(11)15-8/h3-5H,2H2,1H3/b7-5+. The number of halogens is 1. The van der Waals surface area contributed by atoms with Crippen LogP contribution < -0.4 is 0 Å². The molecule has 4 nitrogen and oxygen atoms in total. The van der Waals surface area contributed by atoms with E-state index in [9.17, 15) is 4.79 Å². The summed E-state index contributed by atoms with van der Waals surface area (Å²) in [5.41, 5.74) is -0.122. The molecule has 0 aliphatic carbocycles. The van der Waals surface area contributed by atoms with Gasteiger partial charge in [0.25, 0.3) is 0 Å². The summed E-state index contributed by atoms with van der Waals surface area (Å²) >= 11 is 5.53. The van der Waals surface area contributed by atoms with Gasteiger partial charge in [-0.2, -0.15) is 5.26 Å². The molecule has 1 aromatic heterocycles. The zero-order valence-corrected chi connectivity index (χ0v) is 8.75. The molecule has 0 amide bonds. The van der Waals surface area contributed by atoms with Crippen LogP contribution in [0.1, 0.15) is 12.7 Å². The van der Waals surface area contributed by atoms with Gasteiger partial charge in [-0.25, -0.2) is 4.79 Å². The fourth-order valence-electron chi connectivity index (χ4n) is 0.894. The van der Waals surface area contributed by atoms with Crippen LogP contribution in [0.4, 0.5) is 0 Å². The summed E-state index contributed by atoms with van der Waals surface area (Å²) in [7, 11) is 0. The third-order valence-corrected chi connectivity index (χ3v) is 1.70. The summed E-state index contributed by atoms with van der Waals surface area (Å²) in [6, 6.07) is 4.80. The van der Waals surface area contributed by atoms with E-state index in [2.05, 4.69) is 4.74 Å². The number of ether oxygens (including phenoxy) is 1. The van der Waals surface area contributed by atoms with Crippen molar-refractivity contribution in [2.45, 2.75) is 6.92 Å². The van der Waals surface area contributed by atoms with Crippen molar-refractivity contribution in [2.75, 3.05) is 6.61 Å². The zero-order chi connectivity index (χ0) is 11.3. The Morgan fingerprint density at radius 2 is 2.47 bits per heavy atom. The van der Waals surface area contributed by atoms with E-state index in [1.54, 1.807) is 19.1 Å². The van der Waals surface area contributed by atoms with Gasteiger partial charge in [0.05, 0.1) is 6.61 Å². The first kappa shape index (κ1) is 11.3. The number of esters is 1. The first-order chi connectivity index (χ1) is 7.17. The lowest BCUT2D eigenvalue weighted by Gasteiger charge is -1.97. The Labute approximate surface area is 91.7 Å². The molecule has 0 fully saturated rings. The Bertz CT molecular complexity index is 428. The number of furan rings is 1. The van der Waals surface area contributed by atoms with E-state index in [-0.39, 0.29) is 17.4 Å². The number of hydrogen-bond donors (Lipinski definition) is 0. The average molecular weight is 226 g/mol. The summed E-state index contributed by atoms with van der Waals surface area (Å²) in [5, 5.41) is 8.89. The van der Waals surface area contributed by atoms with Crippen LogP contribution in [0.2, 0.25) is 5.22 Å². The maximum atomic E-state index is 11.2. The molecule has 0 aromatic carbocycles. The molecule has 0 saturated carbocycles. The van der Waals surface area contributed by atoms with Gasteiger partial charge in [-0.05, 0) is 30.7 Å². The predicted octanol–water partition coefficient (Wildman–Crippen LogP) is 2.40. The van der Waals surface area contributed by atoms with Crippen LogP contribution in [0.5, 0.6) is 0 Å². The Kier molecular flexibility index (Phi) is 3.95. The number of hydrogen-bond acceptors (Lipinski definition) is 4. The molecule has 0 radical (unpaired) electrons. The molecule has 15 heavy (non-hydrogen) atoms. The van der Waals surface area contributed by atoms with Crippen LogP contribution in [0.15, 0.2) is 22.1 Å². The van der Waals surface area contributed by atoms with Crippen molar-refractivity contribution in [1.29, 1.82) is 5.26 Å². The van der Waals surface area contributed by atoms with Gasteiger partial charge >= 0.3 is 5.97 Å². The second-order valence-corrected chi connectivity index (χ2v) is 2.90. The minimum Gasteiger partial charge on any atom is -0.462 e. The van der Waals surface area contributed by atoms with Gasteiger partial charge < -0.3 is 9.15 Å². The second-order valence-electron chi connectivity index (χ2n) is 2.53. The van der Waals surface area contributed by atoms with Gasteiger partial charge in [0.1, 0.15) is 17.4 Å². The van der Waals surface area contributed by atoms with Crippen molar-refractivity contribution in [1.82, 2.24) is 0 Å². The van der Waals surface area contributed by atoms with Gasteiger partial charge in [-0.3, -0.25) is 0 Å². The Morgan fingerprint density at radius 3 is 2.93 bits per heavy atom. The highest BCUT2D eigenvalue weighted by Gasteiger charge is 2.10. The summed E-state index contributed by atoms with van der Waals surface area (Å²) < 4.78 is 9.64. The maximum Gasteiger partial charge on any atom is 0.349 e. The molecular weight excluding hydrogens is 218 g/mol. The lowest BCUT2D eigenvalue weighted by molar-refractivity contribution is -0.137. The van der Waals surface area contributed by atoms with Crippen molar-refractivity contribution in [3.8, 4) is 6.07 Å². The molecule has 0 N–H and O–H groups in total. The molecule has 0 spiro atoms. The minimum absolute atomic E-state index is 0.122. The number of nitrogens with zero attached hydrogens (tertiary/aromatic N) is 1. The Morgan fingerprint density at radius 1 is 1.73 bits per heavy atom. The third-order valence-electron chi connectivity index (χ3n) is 1.50. The molecule has 0 bridgehead atoms. The number of rotatable bonds is 3. The lowest BCUT2D eigenvalue weighted by Crippen LogP contribution is -2.05. The van der Waals surface area contributed by atoms with E-state index in [4.69, 9.17) is 21.3 Å². The normalized spacial score (nSPS) is 10.9. The largest absolute Gasteiger partial charge is 0.462 e. The van der Waals surface area contributed by atoms with Crippen molar-refractivity contribution >= 4 is 23.6 Å². The smallest absolute Gasteiger partial charge is 0.349 e. The van der Waals surface area contributed by atoms with Crippen molar-refractivity contribution < 1.29 is 13.9 Å². The molecule has 0 aliphatic rings. The second kappa shape index (κ2) is 5.23. The van der Waals surface area contributed by atoms with Crippen molar-refractivity contribution in [3.63, 3.8) is 0 Å². The van der Waals surface area contributed by atoms with Crippen LogP contribution in [0, 0.1) is 11.3 Å². The van der Waals surface area contributed by atoms with E-state index < -0.39 is 5.97 Å². The van der Waals surface area contributed by atoms with Crippen LogP contribution in [0.25, 0.3) is 6.08 Å². The highest BCUT2D eigenvalue weighted by Crippen LogP contribution is 2.16. The highest BCUT2D eigenvalue weighted by molar-refractivity contribution is 6.28. The fraction of sp³-hybridized carbons (Fsp3) is 0.200. The van der Waals surface area contributed by atoms with E-state index >= 15 is 0 Å². The zero-order valence-electron chi connectivity index (χ0n) is 7.99. The molecule has 5 heteroatoms. The van der Waals surface area contributed by atoms with Gasteiger partial charge in [-0.15, -0.1) is 0 Å². The lowest BCUT2D eigenvalue weighted by atomic mass is 10.2. The molecular formula is C10H8ClNO3. The van der Waals surface area contributed by atoms with Crippen LogP contribution in [-0.4, -0.2) is 12.6 Å². The summed E-state index contributed by atoms with van der Waals surface area (Å²) in [6.45, 7) is 1.88. The van der Waals surface area contributed by atoms with Crippen molar-refractivity contribution in [2.24, 2.45) is 0 Å². The van der Waals surface area contributed by atoms with Crippen LogP contribution >= 0.6 is 11.6 Å². The minimum atomic E-state index is -0.674. The predicted molar refractivity (Wildman–Crippen MR) is 53.9 cm³/mol. The first-order valence-electron chi connectivity index (χ1n) is 4.21. The number of carbonyl (C=O) groups is 1. The van der Waals surface area contributed by atoms with Gasteiger partial charge in [0.15, 0.2) is 5.22 Å². The van der Waals surface area contributed by atoms with E-state index in [1.807, 2.05) is 0 Å². The Hall–Kier alpha value is -1.73. The molecule has 1 heterocycles. The summed E-state index contributed by atoms with van der Waals surface area (Å²) in [6.07, 6.45) is 1.28. The number of nitriles is 1. The molecule has 0 aliphatic heterocycles. The molecule has 0 saturated heterocycles. The van der Waals surface area contributed by atoms with Crippen LogP contribution in [0.3, 0.4) is 0 Å². The highest BCUT2D eigenvalue weighted by atomic mass is 35.5. The number of carbonyl (C=O) groups excluding carboxylic acids is 1. The van der Waals surface area contributed by atoms with Crippen molar-refractivity contribution in [3.05, 3.63) is 28.7 Å². The molecule has 78 valence electrons. The fourth-order valence-corrected chi connectivity index (χ4v) is 1.05. The van der Waals surface area contributed by atoms with Gasteiger partial charge in [0, 0.05) is 6.08 Å². The van der Waals surface area contributed by atoms with Crippen LogP contribution in [-0.2, 0) is 9.53 Å². The third kappa shape index (κ3) is 3.15. The topological polar surface area (TPSA) is 63.2 Å². The molecule has 1 rings (SSSR count). The quantitative estimate of drug-likeness (QED) is 0.450. The SMILES string of the molecule is CCOC(=O)/C(C#N)=C/c1ccc(Cl)o1. The average Bonchev–Trinajstić information content (AvgIpc) is 2.61. The molecule has 0 unspecified atom stereocenters. The molecule has 0 atom stereocenters. The summed E-state index contributed by atoms with van der Waals surface area (Å²) in [5.74, 6) is -0.336. The van der Waals surface area contributed by atoms with Gasteiger partial charge in [0.2, 0.25) is 0 Å². The van der Waals surface area contributed by atoms with E-state index in [0.29, 0.717) is 5.76 Å².